The lowest BCUT2D eigenvalue weighted by molar-refractivity contribution is -0.134. The summed E-state index contributed by atoms with van der Waals surface area (Å²) in [6, 6.07) is 0.242. The molecule has 0 radical (unpaired) electrons. The fourth-order valence-electron chi connectivity index (χ4n) is 3.14. The van der Waals surface area contributed by atoms with Gasteiger partial charge in [-0.15, -0.1) is 5.10 Å². The fraction of sp³-hybridized carbons (Fsp3) is 0.667. The highest BCUT2D eigenvalue weighted by molar-refractivity contribution is 5.79. The zero-order valence-electron chi connectivity index (χ0n) is 12.4. The monoisotopic (exact) mass is 290 g/mol. The van der Waals surface area contributed by atoms with Gasteiger partial charge in [0, 0.05) is 26.1 Å². The third-order valence-corrected chi connectivity index (χ3v) is 4.32. The number of nitrogens with zero attached hydrogens (tertiary/aromatic N) is 4. The molecule has 1 saturated heterocycles. The van der Waals surface area contributed by atoms with Crippen LogP contribution in [0.3, 0.4) is 0 Å². The van der Waals surface area contributed by atoms with Crippen molar-refractivity contribution in [1.29, 1.82) is 0 Å². The number of methoxy groups -OCH3 is 1. The maximum atomic E-state index is 12.5. The molecule has 6 nitrogen and oxygen atoms in total. The average Bonchev–Trinajstić information content (AvgIpc) is 3.16. The SMILES string of the molecule is COCc1cn([C@@H]2CCN(C(=O)[C@@H]3CC=CCC3)C2)nn1. The summed E-state index contributed by atoms with van der Waals surface area (Å²) in [6.45, 7) is 2.04. The fourth-order valence-corrected chi connectivity index (χ4v) is 3.14. The van der Waals surface area contributed by atoms with E-state index < -0.39 is 0 Å². The standard InChI is InChI=1S/C15H22N4O2/c1-21-11-13-9-19(17-16-13)14-7-8-18(10-14)15(20)12-5-3-2-4-6-12/h2-3,9,12,14H,4-8,10-11H2,1H3/t12-,14-/m1/s1. The quantitative estimate of drug-likeness (QED) is 0.790. The molecule has 1 aromatic heterocycles. The summed E-state index contributed by atoms with van der Waals surface area (Å²) in [7, 11) is 1.65. The first-order chi connectivity index (χ1) is 10.3. The first-order valence-electron chi connectivity index (χ1n) is 7.61. The minimum atomic E-state index is 0.175. The number of amides is 1. The predicted octanol–water partition coefficient (Wildman–Crippen LogP) is 1.55. The highest BCUT2D eigenvalue weighted by Crippen LogP contribution is 2.26. The molecule has 0 aromatic carbocycles. The second-order valence-electron chi connectivity index (χ2n) is 5.83. The molecule has 2 aliphatic rings. The van der Waals surface area contributed by atoms with Gasteiger partial charge in [-0.2, -0.15) is 0 Å². The van der Waals surface area contributed by atoms with Gasteiger partial charge in [0.2, 0.25) is 5.91 Å². The molecule has 6 heteroatoms. The number of rotatable bonds is 4. The van der Waals surface area contributed by atoms with E-state index in [1.165, 1.54) is 0 Å². The number of hydrogen-bond acceptors (Lipinski definition) is 4. The lowest BCUT2D eigenvalue weighted by Gasteiger charge is -2.24. The predicted molar refractivity (Wildman–Crippen MR) is 77.5 cm³/mol. The molecule has 2 heterocycles. The summed E-state index contributed by atoms with van der Waals surface area (Å²) in [5.74, 6) is 0.479. The zero-order chi connectivity index (χ0) is 14.7. The van der Waals surface area contributed by atoms with E-state index in [-0.39, 0.29) is 12.0 Å². The molecule has 21 heavy (non-hydrogen) atoms. The van der Waals surface area contributed by atoms with Gasteiger partial charge in [0.25, 0.3) is 0 Å². The van der Waals surface area contributed by atoms with E-state index in [1.807, 2.05) is 15.8 Å². The second-order valence-corrected chi connectivity index (χ2v) is 5.83. The number of ether oxygens (including phenoxy) is 1. The molecule has 0 N–H and O–H groups in total. The highest BCUT2D eigenvalue weighted by Gasteiger charge is 2.31. The normalized spacial score (nSPS) is 25.5. The third-order valence-electron chi connectivity index (χ3n) is 4.32. The van der Waals surface area contributed by atoms with E-state index in [9.17, 15) is 4.79 Å². The molecule has 1 aliphatic heterocycles. The lowest BCUT2D eigenvalue weighted by atomic mass is 9.93. The van der Waals surface area contributed by atoms with Gasteiger partial charge in [0.15, 0.2) is 0 Å². The van der Waals surface area contributed by atoms with E-state index in [2.05, 4.69) is 22.5 Å². The molecule has 1 amide bonds. The van der Waals surface area contributed by atoms with Crippen LogP contribution >= 0.6 is 0 Å². The number of carbonyl (C=O) groups is 1. The van der Waals surface area contributed by atoms with E-state index in [0.29, 0.717) is 12.5 Å². The number of allylic oxidation sites excluding steroid dienone is 2. The minimum Gasteiger partial charge on any atom is -0.378 e. The molecule has 3 rings (SSSR count). The minimum absolute atomic E-state index is 0.175. The zero-order valence-corrected chi connectivity index (χ0v) is 12.4. The van der Waals surface area contributed by atoms with Crippen LogP contribution in [-0.4, -0.2) is 46.0 Å². The first-order valence-corrected chi connectivity index (χ1v) is 7.61. The van der Waals surface area contributed by atoms with E-state index in [0.717, 1.165) is 44.5 Å². The Morgan fingerprint density at radius 3 is 3.10 bits per heavy atom. The van der Waals surface area contributed by atoms with Crippen molar-refractivity contribution in [2.24, 2.45) is 5.92 Å². The van der Waals surface area contributed by atoms with Crippen molar-refractivity contribution in [3.63, 3.8) is 0 Å². The lowest BCUT2D eigenvalue weighted by Crippen LogP contribution is -2.35. The smallest absolute Gasteiger partial charge is 0.226 e. The van der Waals surface area contributed by atoms with Crippen LogP contribution in [0.2, 0.25) is 0 Å². The Morgan fingerprint density at radius 1 is 1.43 bits per heavy atom. The van der Waals surface area contributed by atoms with Gasteiger partial charge in [-0.25, -0.2) is 4.68 Å². The number of carbonyl (C=O) groups excluding carboxylic acids is 1. The average molecular weight is 290 g/mol. The Kier molecular flexibility index (Phi) is 4.34. The highest BCUT2D eigenvalue weighted by atomic mass is 16.5. The van der Waals surface area contributed by atoms with Crippen LogP contribution in [-0.2, 0) is 16.1 Å². The van der Waals surface area contributed by atoms with Crippen molar-refractivity contribution in [2.75, 3.05) is 20.2 Å². The van der Waals surface area contributed by atoms with Gasteiger partial charge in [-0.05, 0) is 25.7 Å². The molecule has 114 valence electrons. The van der Waals surface area contributed by atoms with Crippen LogP contribution in [0.4, 0.5) is 0 Å². The van der Waals surface area contributed by atoms with Gasteiger partial charge in [0.1, 0.15) is 5.69 Å². The largest absolute Gasteiger partial charge is 0.378 e. The Morgan fingerprint density at radius 2 is 2.33 bits per heavy atom. The molecule has 0 bridgehead atoms. The molecule has 1 aromatic rings. The third kappa shape index (κ3) is 3.15. The van der Waals surface area contributed by atoms with E-state index >= 15 is 0 Å². The Labute approximate surface area is 124 Å². The van der Waals surface area contributed by atoms with Crippen molar-refractivity contribution < 1.29 is 9.53 Å². The Hall–Kier alpha value is -1.69. The number of hydrogen-bond donors (Lipinski definition) is 0. The van der Waals surface area contributed by atoms with Crippen molar-refractivity contribution in [3.8, 4) is 0 Å². The van der Waals surface area contributed by atoms with Gasteiger partial charge in [-0.1, -0.05) is 17.4 Å². The van der Waals surface area contributed by atoms with Crippen LogP contribution in [0.1, 0.15) is 37.4 Å². The molecule has 0 saturated carbocycles. The Bertz CT molecular complexity index is 525. The van der Waals surface area contributed by atoms with Gasteiger partial charge < -0.3 is 9.64 Å². The van der Waals surface area contributed by atoms with Crippen molar-refractivity contribution >= 4 is 5.91 Å². The summed E-state index contributed by atoms with van der Waals surface area (Å²) < 4.78 is 6.93. The van der Waals surface area contributed by atoms with Gasteiger partial charge in [0.05, 0.1) is 18.8 Å². The molecule has 0 unspecified atom stereocenters. The van der Waals surface area contributed by atoms with E-state index in [4.69, 9.17) is 4.74 Å². The van der Waals surface area contributed by atoms with Gasteiger partial charge >= 0.3 is 0 Å². The molecule has 2 atom stereocenters. The van der Waals surface area contributed by atoms with Crippen LogP contribution in [0.15, 0.2) is 18.3 Å². The van der Waals surface area contributed by atoms with Crippen LogP contribution in [0.25, 0.3) is 0 Å². The van der Waals surface area contributed by atoms with Crippen molar-refractivity contribution in [2.45, 2.75) is 38.3 Å². The summed E-state index contributed by atoms with van der Waals surface area (Å²) in [5.41, 5.74) is 0.833. The summed E-state index contributed by atoms with van der Waals surface area (Å²) in [4.78, 5) is 14.5. The summed E-state index contributed by atoms with van der Waals surface area (Å²) in [5, 5.41) is 8.25. The van der Waals surface area contributed by atoms with Crippen LogP contribution in [0, 0.1) is 5.92 Å². The molecule has 1 aliphatic carbocycles. The first kappa shape index (κ1) is 14.3. The molecular formula is C15H22N4O2. The second kappa shape index (κ2) is 6.39. The number of likely N-dealkylation sites (tertiary alicyclic amines) is 1. The molecule has 1 fully saturated rings. The summed E-state index contributed by atoms with van der Waals surface area (Å²) in [6.07, 6.45) is 10.1. The number of aromatic nitrogens is 3. The maximum Gasteiger partial charge on any atom is 0.226 e. The maximum absolute atomic E-state index is 12.5. The van der Waals surface area contributed by atoms with Gasteiger partial charge in [-0.3, -0.25) is 4.79 Å². The Balaban J connectivity index is 1.59. The molecular weight excluding hydrogens is 268 g/mol. The van der Waals surface area contributed by atoms with Crippen molar-refractivity contribution in [1.82, 2.24) is 19.9 Å². The van der Waals surface area contributed by atoms with Crippen LogP contribution < -0.4 is 0 Å². The van der Waals surface area contributed by atoms with Crippen molar-refractivity contribution in [3.05, 3.63) is 24.0 Å². The van der Waals surface area contributed by atoms with Crippen LogP contribution in [0.5, 0.6) is 0 Å². The topological polar surface area (TPSA) is 60.2 Å². The molecule has 0 spiro atoms. The summed E-state index contributed by atoms with van der Waals surface area (Å²) >= 11 is 0. The van der Waals surface area contributed by atoms with E-state index in [1.54, 1.807) is 7.11 Å².